The molecule has 0 bridgehead atoms. The summed E-state index contributed by atoms with van der Waals surface area (Å²) in [6.45, 7) is 3.53. The van der Waals surface area contributed by atoms with Gasteiger partial charge in [0.25, 0.3) is 0 Å². The van der Waals surface area contributed by atoms with Crippen molar-refractivity contribution in [3.8, 4) is 0 Å². The number of hydrogen-bond donors (Lipinski definition) is 1. The van der Waals surface area contributed by atoms with Crippen LogP contribution < -0.4 is 26.8 Å². The van der Waals surface area contributed by atoms with Crippen LogP contribution in [0, 0.1) is 0 Å². The first-order valence-electron chi connectivity index (χ1n) is 4.54. The van der Waals surface area contributed by atoms with Crippen LogP contribution in [0.15, 0.2) is 30.3 Å². The number of nitrogens with one attached hydrogen (secondary N) is 1. The maximum absolute atomic E-state index is 3.41. The quantitative estimate of drug-likeness (QED) is 0.295. The molecule has 0 atom stereocenters. The van der Waals surface area contributed by atoms with Gasteiger partial charge in [0.1, 0.15) is 0 Å². The van der Waals surface area contributed by atoms with E-state index in [0.717, 1.165) is 13.1 Å². The van der Waals surface area contributed by atoms with Gasteiger partial charge in [-0.2, -0.15) is 0 Å². The van der Waals surface area contributed by atoms with Gasteiger partial charge in [-0.25, -0.2) is 0 Å². The molecule has 0 saturated carbocycles. The Morgan fingerprint density at radius 1 is 1.31 bits per heavy atom. The van der Waals surface area contributed by atoms with E-state index in [9.17, 15) is 0 Å². The van der Waals surface area contributed by atoms with E-state index in [2.05, 4.69) is 38.8 Å². The van der Waals surface area contributed by atoms with Crippen molar-refractivity contribution in [1.82, 2.24) is 8.43 Å². The number of nitrogens with zero attached hydrogens (tertiary/aromatic N) is 1. The third kappa shape index (κ3) is 2.93. The molecule has 72 valence electrons. The van der Waals surface area contributed by atoms with Gasteiger partial charge in [0.2, 0.25) is 0 Å². The van der Waals surface area contributed by atoms with E-state index < -0.39 is 0 Å². The minimum atomic E-state index is 0.245. The second kappa shape index (κ2) is 4.93. The Morgan fingerprint density at radius 2 is 2.15 bits per heavy atom. The molecule has 0 aliphatic carbocycles. The molecule has 1 aromatic rings. The first-order valence-corrected chi connectivity index (χ1v) is 7.03. The summed E-state index contributed by atoms with van der Waals surface area (Å²) in [6, 6.07) is 10.7. The third-order valence-electron chi connectivity index (χ3n) is 2.05. The van der Waals surface area contributed by atoms with E-state index >= 15 is 0 Å². The van der Waals surface area contributed by atoms with Gasteiger partial charge in [-0.15, -0.1) is 0 Å². The molecule has 2 rings (SSSR count). The molecule has 0 spiro atoms. The predicted octanol–water partition coefficient (Wildman–Crippen LogP) is -1.95. The van der Waals surface area contributed by atoms with Crippen LogP contribution in [0.3, 0.4) is 0 Å². The monoisotopic (exact) mass is 289 g/mol. The Balaban J connectivity index is 1.90. The van der Waals surface area contributed by atoms with E-state index in [-0.39, 0.29) is 21.5 Å². The van der Waals surface area contributed by atoms with Gasteiger partial charge in [-0.1, -0.05) is 0 Å². The Kier molecular flexibility index (Phi) is 3.57. The Labute approximate surface area is 89.9 Å². The SMILES string of the molecule is c1ccc(CN2CCNC[I-]2)cc1. The molecule has 13 heavy (non-hydrogen) atoms. The van der Waals surface area contributed by atoms with Gasteiger partial charge in [0.05, 0.1) is 0 Å². The van der Waals surface area contributed by atoms with Crippen molar-refractivity contribution in [1.29, 1.82) is 0 Å². The van der Waals surface area contributed by atoms with Crippen molar-refractivity contribution < 1.29 is 21.5 Å². The Bertz CT molecular complexity index is 244. The summed E-state index contributed by atoms with van der Waals surface area (Å²) >= 11 is 0.245. The first-order chi connectivity index (χ1) is 6.45. The van der Waals surface area contributed by atoms with E-state index in [1.165, 1.54) is 16.7 Å². The summed E-state index contributed by atoms with van der Waals surface area (Å²) in [4.78, 5) is 0. The van der Waals surface area contributed by atoms with Crippen LogP contribution in [0.25, 0.3) is 0 Å². The van der Waals surface area contributed by atoms with Crippen LogP contribution >= 0.6 is 0 Å². The van der Waals surface area contributed by atoms with Crippen LogP contribution in [-0.4, -0.2) is 20.8 Å². The summed E-state index contributed by atoms with van der Waals surface area (Å²) in [6.07, 6.45) is 0. The number of benzene rings is 1. The van der Waals surface area contributed by atoms with Crippen molar-refractivity contribution in [2.75, 3.05) is 17.6 Å². The molecule has 0 aromatic heterocycles. The maximum atomic E-state index is 3.41. The summed E-state index contributed by atoms with van der Waals surface area (Å²) in [5, 5.41) is 3.41. The fourth-order valence-corrected chi connectivity index (χ4v) is 3.68. The van der Waals surface area contributed by atoms with Crippen LogP contribution in [-0.2, 0) is 6.54 Å². The molecule has 0 radical (unpaired) electrons. The average molecular weight is 289 g/mol. The zero-order valence-corrected chi connectivity index (χ0v) is 9.70. The van der Waals surface area contributed by atoms with Crippen molar-refractivity contribution in [2.24, 2.45) is 0 Å². The first kappa shape index (κ1) is 9.43. The number of alkyl halides is 1. The van der Waals surface area contributed by atoms with Gasteiger partial charge in [-0.05, 0) is 0 Å². The van der Waals surface area contributed by atoms with E-state index in [1.807, 2.05) is 0 Å². The summed E-state index contributed by atoms with van der Waals surface area (Å²) in [5.41, 5.74) is 1.45. The summed E-state index contributed by atoms with van der Waals surface area (Å²) in [7, 11) is 0. The van der Waals surface area contributed by atoms with Crippen LogP contribution in [0.4, 0.5) is 0 Å². The van der Waals surface area contributed by atoms with Crippen LogP contribution in [0.1, 0.15) is 5.56 Å². The Morgan fingerprint density at radius 3 is 2.85 bits per heavy atom. The van der Waals surface area contributed by atoms with Gasteiger partial charge < -0.3 is 0 Å². The molecular formula is C10H14IN2-. The second-order valence-electron chi connectivity index (χ2n) is 3.08. The average Bonchev–Trinajstić information content (AvgIpc) is 2.21. The summed E-state index contributed by atoms with van der Waals surface area (Å²) < 4.78 is 3.84. The van der Waals surface area contributed by atoms with Crippen molar-refractivity contribution in [2.45, 2.75) is 6.54 Å². The number of hydrogen-bond acceptors (Lipinski definition) is 2. The van der Waals surface area contributed by atoms with Crippen molar-refractivity contribution in [3.05, 3.63) is 35.9 Å². The van der Waals surface area contributed by atoms with Gasteiger partial charge in [0.15, 0.2) is 0 Å². The van der Waals surface area contributed by atoms with Crippen LogP contribution in [0.5, 0.6) is 0 Å². The molecule has 1 aromatic carbocycles. The van der Waals surface area contributed by atoms with Gasteiger partial charge in [-0.3, -0.25) is 0 Å². The molecular weight excluding hydrogens is 275 g/mol. The standard InChI is InChI=1S/C10H14IN2/c1-2-4-10(5-3-1)8-13-7-6-12-9-11-13/h1-5,12H,6-9H2/q-1. The molecule has 1 N–H and O–H groups in total. The van der Waals surface area contributed by atoms with E-state index in [0.29, 0.717) is 0 Å². The number of rotatable bonds is 2. The molecule has 3 heteroatoms. The number of halogens is 1. The third-order valence-corrected chi connectivity index (χ3v) is 4.72. The fraction of sp³-hybridized carbons (Fsp3) is 0.400. The predicted molar refractivity (Wildman–Crippen MR) is 49.7 cm³/mol. The van der Waals surface area contributed by atoms with Crippen molar-refractivity contribution in [3.63, 3.8) is 0 Å². The second-order valence-corrected chi connectivity index (χ2v) is 5.89. The topological polar surface area (TPSA) is 15.3 Å². The van der Waals surface area contributed by atoms with E-state index in [1.54, 1.807) is 0 Å². The van der Waals surface area contributed by atoms with Crippen LogP contribution in [0.2, 0.25) is 0 Å². The van der Waals surface area contributed by atoms with Gasteiger partial charge >= 0.3 is 90.0 Å². The van der Waals surface area contributed by atoms with E-state index in [4.69, 9.17) is 0 Å². The molecule has 1 heterocycles. The normalized spacial score (nSPS) is 19.4. The molecule has 1 aliphatic heterocycles. The molecule has 0 unspecified atom stereocenters. The van der Waals surface area contributed by atoms with Gasteiger partial charge in [0, 0.05) is 0 Å². The molecule has 0 amide bonds. The Hall–Kier alpha value is -0.130. The summed E-state index contributed by atoms with van der Waals surface area (Å²) in [5.74, 6) is 0. The molecule has 1 fully saturated rings. The zero-order valence-electron chi connectivity index (χ0n) is 7.54. The van der Waals surface area contributed by atoms with Crippen molar-refractivity contribution >= 4 is 0 Å². The fourth-order valence-electron chi connectivity index (χ4n) is 1.36. The zero-order chi connectivity index (χ0) is 8.93. The molecule has 1 aliphatic rings. The molecule has 2 nitrogen and oxygen atoms in total. The minimum absolute atomic E-state index is 0.245. The molecule has 1 saturated heterocycles.